The van der Waals surface area contributed by atoms with E-state index in [1.54, 1.807) is 7.11 Å². The molecule has 0 radical (unpaired) electrons. The van der Waals surface area contributed by atoms with Crippen molar-refractivity contribution in [2.45, 2.75) is 6.42 Å². The maximum atomic E-state index is 5.25. The lowest BCUT2D eigenvalue weighted by Gasteiger charge is -2.25. The van der Waals surface area contributed by atoms with Crippen LogP contribution >= 0.6 is 0 Å². The average molecular weight is 281 g/mol. The lowest BCUT2D eigenvalue weighted by Crippen LogP contribution is -2.43. The third kappa shape index (κ3) is 2.77. The van der Waals surface area contributed by atoms with Crippen LogP contribution in [0.3, 0.4) is 0 Å². The Kier molecular flexibility index (Phi) is 3.91. The van der Waals surface area contributed by atoms with Gasteiger partial charge in [-0.25, -0.2) is 4.90 Å². The Hall–Kier alpha value is -2.29. The van der Waals surface area contributed by atoms with Crippen LogP contribution in [0.25, 0.3) is 0 Å². The van der Waals surface area contributed by atoms with Crippen molar-refractivity contribution in [3.05, 3.63) is 60.2 Å². The summed E-state index contributed by atoms with van der Waals surface area (Å²) in [5.41, 5.74) is 2.47. The van der Waals surface area contributed by atoms with Gasteiger partial charge in [-0.05, 0) is 36.4 Å². The standard InChI is InChI=1S/C18H21N2O/c1-19-13-6-14-20(16-9-11-17(21-2)12-10-16)18(19)15-7-4-3-5-8-15/h3-5,7-12H,6,13-14H2,1-2H3/q+1. The van der Waals surface area contributed by atoms with Crippen molar-refractivity contribution in [2.75, 3.05) is 32.1 Å². The highest BCUT2D eigenvalue weighted by atomic mass is 16.5. The van der Waals surface area contributed by atoms with Gasteiger partial charge in [0.15, 0.2) is 0 Å². The van der Waals surface area contributed by atoms with Gasteiger partial charge < -0.3 is 4.74 Å². The maximum Gasteiger partial charge on any atom is 0.284 e. The van der Waals surface area contributed by atoms with Crippen LogP contribution in [0.4, 0.5) is 5.69 Å². The lowest BCUT2D eigenvalue weighted by molar-refractivity contribution is -0.501. The normalized spacial score (nSPS) is 15.2. The maximum absolute atomic E-state index is 5.25. The molecule has 0 saturated carbocycles. The largest absolute Gasteiger partial charge is 0.497 e. The number of amidine groups is 1. The van der Waals surface area contributed by atoms with Crippen molar-refractivity contribution in [2.24, 2.45) is 0 Å². The zero-order valence-electron chi connectivity index (χ0n) is 12.6. The molecule has 1 aliphatic heterocycles. The minimum Gasteiger partial charge on any atom is -0.497 e. The second kappa shape index (κ2) is 6.00. The predicted octanol–water partition coefficient (Wildman–Crippen LogP) is 2.99. The molecule has 2 aromatic carbocycles. The zero-order valence-corrected chi connectivity index (χ0v) is 12.6. The summed E-state index contributed by atoms with van der Waals surface area (Å²) in [5, 5.41) is 0. The first-order valence-electron chi connectivity index (χ1n) is 7.34. The van der Waals surface area contributed by atoms with Gasteiger partial charge in [0.1, 0.15) is 11.4 Å². The zero-order chi connectivity index (χ0) is 14.7. The summed E-state index contributed by atoms with van der Waals surface area (Å²) >= 11 is 0. The van der Waals surface area contributed by atoms with E-state index in [2.05, 4.69) is 59.0 Å². The molecular formula is C18H21N2O+. The molecule has 0 fully saturated rings. The van der Waals surface area contributed by atoms with Crippen LogP contribution in [0.15, 0.2) is 54.6 Å². The van der Waals surface area contributed by atoms with Crippen LogP contribution in [0.5, 0.6) is 5.75 Å². The fraction of sp³-hybridized carbons (Fsp3) is 0.278. The minimum absolute atomic E-state index is 0.894. The Morgan fingerprint density at radius 2 is 1.71 bits per heavy atom. The minimum atomic E-state index is 0.894. The van der Waals surface area contributed by atoms with Crippen molar-refractivity contribution in [1.29, 1.82) is 0 Å². The molecule has 3 rings (SSSR count). The number of nitrogens with zero attached hydrogens (tertiary/aromatic N) is 2. The van der Waals surface area contributed by atoms with Crippen molar-refractivity contribution in [3.8, 4) is 5.75 Å². The summed E-state index contributed by atoms with van der Waals surface area (Å²) in [5.74, 6) is 2.16. The Bertz CT molecular complexity index is 632. The van der Waals surface area contributed by atoms with E-state index < -0.39 is 0 Å². The van der Waals surface area contributed by atoms with Gasteiger partial charge in [0.25, 0.3) is 5.84 Å². The molecule has 0 atom stereocenters. The van der Waals surface area contributed by atoms with E-state index in [9.17, 15) is 0 Å². The summed E-state index contributed by atoms with van der Waals surface area (Å²) in [6, 6.07) is 18.9. The molecule has 0 N–H and O–H groups in total. The first-order chi connectivity index (χ1) is 10.3. The van der Waals surface area contributed by atoms with Gasteiger partial charge in [-0.2, -0.15) is 0 Å². The summed E-state index contributed by atoms with van der Waals surface area (Å²) < 4.78 is 7.59. The molecule has 21 heavy (non-hydrogen) atoms. The molecule has 0 spiro atoms. The Balaban J connectivity index is 2.01. The number of hydrogen-bond acceptors (Lipinski definition) is 2. The number of anilines is 1. The van der Waals surface area contributed by atoms with Gasteiger partial charge in [-0.15, -0.1) is 0 Å². The molecular weight excluding hydrogens is 260 g/mol. The van der Waals surface area contributed by atoms with Crippen LogP contribution in [-0.2, 0) is 0 Å². The molecule has 0 bridgehead atoms. The highest BCUT2D eigenvalue weighted by Crippen LogP contribution is 2.23. The lowest BCUT2D eigenvalue weighted by atomic mass is 10.1. The summed E-state index contributed by atoms with van der Waals surface area (Å²) in [6.07, 6.45) is 1.17. The second-order valence-corrected chi connectivity index (χ2v) is 5.31. The molecule has 108 valence electrons. The van der Waals surface area contributed by atoms with E-state index in [0.29, 0.717) is 0 Å². The van der Waals surface area contributed by atoms with Crippen molar-refractivity contribution in [3.63, 3.8) is 0 Å². The molecule has 0 amide bonds. The van der Waals surface area contributed by atoms with Gasteiger partial charge in [0, 0.05) is 6.42 Å². The molecule has 0 aromatic heterocycles. The monoisotopic (exact) mass is 281 g/mol. The first kappa shape index (κ1) is 13.7. The topological polar surface area (TPSA) is 15.5 Å². The fourth-order valence-corrected chi connectivity index (χ4v) is 2.86. The van der Waals surface area contributed by atoms with Gasteiger partial charge in [-0.3, -0.25) is 4.58 Å². The molecule has 3 nitrogen and oxygen atoms in total. The van der Waals surface area contributed by atoms with Crippen LogP contribution < -0.4 is 9.64 Å². The predicted molar refractivity (Wildman–Crippen MR) is 86.6 cm³/mol. The molecule has 0 unspecified atom stereocenters. The number of benzene rings is 2. The van der Waals surface area contributed by atoms with E-state index in [4.69, 9.17) is 4.74 Å². The quantitative estimate of drug-likeness (QED) is 0.804. The van der Waals surface area contributed by atoms with Crippen LogP contribution in [0.1, 0.15) is 12.0 Å². The van der Waals surface area contributed by atoms with E-state index in [1.165, 1.54) is 23.5 Å². The summed E-state index contributed by atoms with van der Waals surface area (Å²) in [4.78, 5) is 2.39. The van der Waals surface area contributed by atoms with Crippen LogP contribution in [0, 0.1) is 0 Å². The molecule has 0 aliphatic carbocycles. The summed E-state index contributed by atoms with van der Waals surface area (Å²) in [7, 11) is 3.86. The molecule has 0 saturated heterocycles. The Morgan fingerprint density at radius 3 is 2.38 bits per heavy atom. The average Bonchev–Trinajstić information content (AvgIpc) is 2.55. The van der Waals surface area contributed by atoms with Gasteiger partial charge >= 0.3 is 0 Å². The molecule has 1 aliphatic rings. The third-order valence-corrected chi connectivity index (χ3v) is 3.91. The number of methoxy groups -OCH3 is 1. The van der Waals surface area contributed by atoms with E-state index in [0.717, 1.165) is 18.8 Å². The number of ether oxygens (including phenoxy) is 1. The molecule has 2 aromatic rings. The van der Waals surface area contributed by atoms with E-state index in [-0.39, 0.29) is 0 Å². The van der Waals surface area contributed by atoms with Gasteiger partial charge in [0.2, 0.25) is 0 Å². The van der Waals surface area contributed by atoms with Crippen molar-refractivity contribution >= 4 is 11.5 Å². The number of hydrogen-bond donors (Lipinski definition) is 0. The Labute approximate surface area is 126 Å². The van der Waals surface area contributed by atoms with Crippen LogP contribution in [-0.4, -0.2) is 37.7 Å². The van der Waals surface area contributed by atoms with E-state index >= 15 is 0 Å². The number of rotatable bonds is 3. The Morgan fingerprint density at radius 1 is 1.00 bits per heavy atom. The molecule has 3 heteroatoms. The van der Waals surface area contributed by atoms with Gasteiger partial charge in [-0.1, -0.05) is 18.2 Å². The summed E-state index contributed by atoms with van der Waals surface area (Å²) in [6.45, 7) is 2.14. The third-order valence-electron chi connectivity index (χ3n) is 3.91. The van der Waals surface area contributed by atoms with Crippen molar-refractivity contribution < 1.29 is 9.31 Å². The highest BCUT2D eigenvalue weighted by Gasteiger charge is 2.28. The van der Waals surface area contributed by atoms with Gasteiger partial charge in [0.05, 0.1) is 32.8 Å². The second-order valence-electron chi connectivity index (χ2n) is 5.31. The highest BCUT2D eigenvalue weighted by molar-refractivity contribution is 6.07. The SMILES string of the molecule is COc1ccc(N2CCC[N+](C)=C2c2ccccc2)cc1. The molecule has 1 heterocycles. The fourth-order valence-electron chi connectivity index (χ4n) is 2.86. The van der Waals surface area contributed by atoms with Crippen molar-refractivity contribution in [1.82, 2.24) is 0 Å². The first-order valence-corrected chi connectivity index (χ1v) is 7.34. The smallest absolute Gasteiger partial charge is 0.284 e. The van der Waals surface area contributed by atoms with Crippen LogP contribution in [0.2, 0.25) is 0 Å². The van der Waals surface area contributed by atoms with E-state index in [1.807, 2.05) is 12.1 Å².